The van der Waals surface area contributed by atoms with Crippen LogP contribution in [0.25, 0.3) is 5.69 Å². The highest BCUT2D eigenvalue weighted by atomic mass is 16.5. The Balaban J connectivity index is 1.52. The van der Waals surface area contributed by atoms with Gasteiger partial charge in [-0.25, -0.2) is 4.68 Å². The highest BCUT2D eigenvalue weighted by Gasteiger charge is 2.20. The van der Waals surface area contributed by atoms with Crippen molar-refractivity contribution < 1.29 is 9.84 Å². The zero-order valence-corrected chi connectivity index (χ0v) is 18.3. The number of rotatable bonds is 8. The Kier molecular flexibility index (Phi) is 6.84. The van der Waals surface area contributed by atoms with Gasteiger partial charge in [-0.15, -0.1) is 5.10 Å². The normalized spacial score (nSPS) is 13.8. The van der Waals surface area contributed by atoms with E-state index in [0.717, 1.165) is 22.6 Å². The molecule has 2 unspecified atom stereocenters. The molecule has 30 heavy (non-hydrogen) atoms. The Labute approximate surface area is 178 Å². The van der Waals surface area contributed by atoms with E-state index in [0.29, 0.717) is 6.54 Å². The van der Waals surface area contributed by atoms with E-state index in [2.05, 4.69) is 61.5 Å². The van der Waals surface area contributed by atoms with Crippen molar-refractivity contribution in [1.82, 2.24) is 25.5 Å². The van der Waals surface area contributed by atoms with E-state index in [9.17, 15) is 5.11 Å². The lowest BCUT2D eigenvalue weighted by Crippen LogP contribution is -2.33. The second-order valence-electron chi connectivity index (χ2n) is 8.69. The summed E-state index contributed by atoms with van der Waals surface area (Å²) >= 11 is 0. The van der Waals surface area contributed by atoms with E-state index in [-0.39, 0.29) is 18.1 Å². The van der Waals surface area contributed by atoms with Crippen molar-refractivity contribution in [2.45, 2.75) is 52.2 Å². The molecule has 0 fully saturated rings. The van der Waals surface area contributed by atoms with Gasteiger partial charge in [-0.3, -0.25) is 0 Å². The van der Waals surface area contributed by atoms with Gasteiger partial charge in [0.05, 0.1) is 5.69 Å². The number of tetrazole rings is 1. The van der Waals surface area contributed by atoms with E-state index in [1.807, 2.05) is 36.4 Å². The highest BCUT2D eigenvalue weighted by Crippen LogP contribution is 2.32. The Bertz CT molecular complexity index is 933. The van der Waals surface area contributed by atoms with Crippen LogP contribution >= 0.6 is 0 Å². The van der Waals surface area contributed by atoms with Crippen LogP contribution in [0.5, 0.6) is 5.75 Å². The Hall–Kier alpha value is -2.77. The molecule has 1 heterocycles. The predicted octanol–water partition coefficient (Wildman–Crippen LogP) is 3.36. The summed E-state index contributed by atoms with van der Waals surface area (Å²) in [7, 11) is 0. The van der Waals surface area contributed by atoms with Crippen molar-refractivity contribution in [3.05, 3.63) is 65.5 Å². The quantitative estimate of drug-likeness (QED) is 0.593. The number of hydrogen-bond acceptors (Lipinski definition) is 6. The van der Waals surface area contributed by atoms with Gasteiger partial charge in [0.25, 0.3) is 0 Å². The summed E-state index contributed by atoms with van der Waals surface area (Å²) in [6.07, 6.45) is 0.952. The lowest BCUT2D eigenvalue weighted by Gasteiger charge is -2.24. The number of aliphatic hydroxyl groups excluding tert-OH is 1. The number of hydrogen-bond donors (Lipinski definition) is 2. The molecule has 0 radical (unpaired) electrons. The Morgan fingerprint density at radius 1 is 1.13 bits per heavy atom. The molecule has 7 heteroatoms. The van der Waals surface area contributed by atoms with Crippen LogP contribution in [0, 0.1) is 6.92 Å². The second kappa shape index (κ2) is 9.36. The number of aryl methyl sites for hydroxylation is 1. The maximum atomic E-state index is 10.4. The topological polar surface area (TPSA) is 85.1 Å². The van der Waals surface area contributed by atoms with Crippen LogP contribution in [0.4, 0.5) is 0 Å². The van der Waals surface area contributed by atoms with Crippen molar-refractivity contribution in [3.63, 3.8) is 0 Å². The summed E-state index contributed by atoms with van der Waals surface area (Å²) in [5.74, 6) is 0.832. The molecule has 1 aromatic heterocycles. The third kappa shape index (κ3) is 5.64. The monoisotopic (exact) mass is 409 g/mol. The van der Waals surface area contributed by atoms with E-state index in [1.165, 1.54) is 5.56 Å². The minimum atomic E-state index is -0.609. The van der Waals surface area contributed by atoms with Crippen molar-refractivity contribution in [2.75, 3.05) is 13.2 Å². The van der Waals surface area contributed by atoms with Crippen LogP contribution in [0.15, 0.2) is 48.8 Å². The average Bonchev–Trinajstić information content (AvgIpc) is 3.25. The SMILES string of the molecule is Cc1ccc(OCC(O)CNC(C)c2ccc(-n3cnnn3)cc2)c(C(C)(C)C)c1. The van der Waals surface area contributed by atoms with Gasteiger partial charge >= 0.3 is 0 Å². The van der Waals surface area contributed by atoms with Crippen molar-refractivity contribution in [3.8, 4) is 11.4 Å². The van der Waals surface area contributed by atoms with Crippen LogP contribution in [0.2, 0.25) is 0 Å². The zero-order chi connectivity index (χ0) is 21.7. The molecule has 0 bridgehead atoms. The molecule has 3 rings (SSSR count). The first-order valence-electron chi connectivity index (χ1n) is 10.2. The summed E-state index contributed by atoms with van der Waals surface area (Å²) in [5.41, 5.74) is 4.35. The van der Waals surface area contributed by atoms with E-state index in [1.54, 1.807) is 11.0 Å². The van der Waals surface area contributed by atoms with Gasteiger partial charge in [-0.2, -0.15) is 0 Å². The summed E-state index contributed by atoms with van der Waals surface area (Å²) in [6.45, 7) is 11.3. The fourth-order valence-corrected chi connectivity index (χ4v) is 3.23. The van der Waals surface area contributed by atoms with Crippen molar-refractivity contribution in [1.29, 1.82) is 0 Å². The average molecular weight is 410 g/mol. The number of aliphatic hydroxyl groups is 1. The number of aromatic nitrogens is 4. The number of nitrogens with zero attached hydrogens (tertiary/aromatic N) is 4. The largest absolute Gasteiger partial charge is 0.491 e. The molecule has 7 nitrogen and oxygen atoms in total. The molecular formula is C23H31N5O2. The van der Waals surface area contributed by atoms with Gasteiger partial charge in [0, 0.05) is 12.6 Å². The molecule has 2 atom stereocenters. The molecule has 0 amide bonds. The third-order valence-corrected chi connectivity index (χ3v) is 5.04. The minimum absolute atomic E-state index is 0.0203. The van der Waals surface area contributed by atoms with Crippen LogP contribution < -0.4 is 10.1 Å². The minimum Gasteiger partial charge on any atom is -0.491 e. The first-order chi connectivity index (χ1) is 14.2. The standard InChI is InChI=1S/C23H31N5O2/c1-16-6-11-22(21(12-16)23(3,4)5)30-14-20(29)13-24-17(2)18-7-9-19(10-8-18)28-15-25-26-27-28/h6-12,15,17,20,24,29H,13-14H2,1-5H3. The first kappa shape index (κ1) is 21.9. The smallest absolute Gasteiger partial charge is 0.143 e. The lowest BCUT2D eigenvalue weighted by atomic mass is 9.85. The van der Waals surface area contributed by atoms with Crippen LogP contribution in [0.1, 0.15) is 50.4 Å². The van der Waals surface area contributed by atoms with Gasteiger partial charge in [0.15, 0.2) is 0 Å². The molecule has 0 aliphatic rings. The Morgan fingerprint density at radius 2 is 1.87 bits per heavy atom. The zero-order valence-electron chi connectivity index (χ0n) is 18.3. The fraction of sp³-hybridized carbons (Fsp3) is 0.435. The van der Waals surface area contributed by atoms with Crippen LogP contribution in [-0.2, 0) is 5.41 Å². The first-order valence-corrected chi connectivity index (χ1v) is 10.2. The van der Waals surface area contributed by atoms with Gasteiger partial charge in [-0.1, -0.05) is 50.6 Å². The molecule has 0 saturated carbocycles. The lowest BCUT2D eigenvalue weighted by molar-refractivity contribution is 0.103. The van der Waals surface area contributed by atoms with E-state index in [4.69, 9.17) is 4.74 Å². The molecule has 0 spiro atoms. The molecule has 0 aliphatic heterocycles. The molecule has 160 valence electrons. The van der Waals surface area contributed by atoms with Crippen LogP contribution in [-0.4, -0.2) is 44.6 Å². The molecule has 0 saturated heterocycles. The fourth-order valence-electron chi connectivity index (χ4n) is 3.23. The van der Waals surface area contributed by atoms with Crippen molar-refractivity contribution >= 4 is 0 Å². The molecule has 3 aromatic rings. The second-order valence-corrected chi connectivity index (χ2v) is 8.69. The summed E-state index contributed by atoms with van der Waals surface area (Å²) in [6, 6.07) is 14.3. The molecule has 0 aliphatic carbocycles. The van der Waals surface area contributed by atoms with Gasteiger partial charge in [0.2, 0.25) is 0 Å². The summed E-state index contributed by atoms with van der Waals surface area (Å²) in [5, 5.41) is 25.0. The van der Waals surface area contributed by atoms with E-state index < -0.39 is 6.10 Å². The van der Waals surface area contributed by atoms with E-state index >= 15 is 0 Å². The molecule has 2 N–H and O–H groups in total. The maximum Gasteiger partial charge on any atom is 0.143 e. The predicted molar refractivity (Wildman–Crippen MR) is 117 cm³/mol. The van der Waals surface area contributed by atoms with Gasteiger partial charge < -0.3 is 15.2 Å². The van der Waals surface area contributed by atoms with Crippen LogP contribution in [0.3, 0.4) is 0 Å². The van der Waals surface area contributed by atoms with Gasteiger partial charge in [0.1, 0.15) is 24.8 Å². The number of nitrogens with one attached hydrogen (secondary N) is 1. The number of benzene rings is 2. The third-order valence-electron chi connectivity index (χ3n) is 5.04. The highest BCUT2D eigenvalue weighted by molar-refractivity contribution is 5.41. The molecular weight excluding hydrogens is 378 g/mol. The maximum absolute atomic E-state index is 10.4. The van der Waals surface area contributed by atoms with Gasteiger partial charge in [-0.05, 0) is 59.0 Å². The molecule has 2 aromatic carbocycles. The Morgan fingerprint density at radius 3 is 2.50 bits per heavy atom. The summed E-state index contributed by atoms with van der Waals surface area (Å²) < 4.78 is 7.57. The summed E-state index contributed by atoms with van der Waals surface area (Å²) in [4.78, 5) is 0. The van der Waals surface area contributed by atoms with Crippen molar-refractivity contribution in [2.24, 2.45) is 0 Å². The number of ether oxygens (including phenoxy) is 1.